The van der Waals surface area contributed by atoms with Crippen molar-refractivity contribution >= 4 is 39.1 Å². The summed E-state index contributed by atoms with van der Waals surface area (Å²) in [5.41, 5.74) is 1.34. The molecule has 1 aliphatic heterocycles. The standard InChI is InChI=1S/C23H28Cl2N2O5S/c1-15(16-7-9-21(31-2)22(11-16)32-3)26-23(28)17-5-4-10-27(13-17)33(29,30)14-18-6-8-19(24)12-20(18)25/h6-9,11-12,15,17H,4-5,10,13-14H2,1-3H3,(H,26,28)/t15-,17-/m0/s1. The van der Waals surface area contributed by atoms with Crippen molar-refractivity contribution in [2.75, 3.05) is 27.3 Å². The molecule has 0 bridgehead atoms. The van der Waals surface area contributed by atoms with Gasteiger partial charge in [0.25, 0.3) is 0 Å². The molecule has 180 valence electrons. The lowest BCUT2D eigenvalue weighted by Gasteiger charge is -2.32. The van der Waals surface area contributed by atoms with Crippen LogP contribution in [0.1, 0.15) is 36.9 Å². The minimum Gasteiger partial charge on any atom is -0.493 e. The summed E-state index contributed by atoms with van der Waals surface area (Å²) in [5.74, 6) is 0.332. The highest BCUT2D eigenvalue weighted by atomic mass is 35.5. The van der Waals surface area contributed by atoms with E-state index in [2.05, 4.69) is 5.32 Å². The summed E-state index contributed by atoms with van der Waals surface area (Å²) in [6.07, 6.45) is 1.23. The van der Waals surface area contributed by atoms with E-state index in [4.69, 9.17) is 32.7 Å². The van der Waals surface area contributed by atoms with E-state index in [1.807, 2.05) is 19.1 Å². The monoisotopic (exact) mass is 514 g/mol. The Kier molecular flexibility index (Phi) is 8.50. The SMILES string of the molecule is COc1ccc([C@H](C)NC(=O)[C@H]2CCCN(S(=O)(=O)Cc3ccc(Cl)cc3Cl)C2)cc1OC. The first-order valence-corrected chi connectivity index (χ1v) is 12.9. The van der Waals surface area contributed by atoms with Gasteiger partial charge in [-0.2, -0.15) is 0 Å². The predicted molar refractivity (Wildman–Crippen MR) is 129 cm³/mol. The molecule has 0 aliphatic carbocycles. The van der Waals surface area contributed by atoms with Crippen LogP contribution in [0, 0.1) is 5.92 Å². The number of hydrogen-bond donors (Lipinski definition) is 1. The molecule has 0 spiro atoms. The first-order valence-electron chi connectivity index (χ1n) is 10.6. The fourth-order valence-electron chi connectivity index (χ4n) is 3.87. The van der Waals surface area contributed by atoms with Crippen LogP contribution >= 0.6 is 23.2 Å². The van der Waals surface area contributed by atoms with Gasteiger partial charge in [-0.25, -0.2) is 12.7 Å². The number of sulfonamides is 1. The fourth-order valence-corrected chi connectivity index (χ4v) is 6.07. The van der Waals surface area contributed by atoms with Gasteiger partial charge in [0, 0.05) is 23.1 Å². The molecule has 3 rings (SSSR count). The summed E-state index contributed by atoms with van der Waals surface area (Å²) in [6.45, 7) is 2.39. The van der Waals surface area contributed by atoms with Gasteiger partial charge in [0.15, 0.2) is 11.5 Å². The molecule has 0 unspecified atom stereocenters. The molecule has 0 radical (unpaired) electrons. The van der Waals surface area contributed by atoms with E-state index in [0.717, 1.165) is 5.56 Å². The van der Waals surface area contributed by atoms with Crippen LogP contribution in [0.15, 0.2) is 36.4 Å². The Balaban J connectivity index is 1.66. The lowest BCUT2D eigenvalue weighted by atomic mass is 9.98. The number of carbonyl (C=O) groups is 1. The average molecular weight is 515 g/mol. The molecule has 7 nitrogen and oxygen atoms in total. The number of nitrogens with one attached hydrogen (secondary N) is 1. The molecule has 1 aliphatic rings. The van der Waals surface area contributed by atoms with Crippen LogP contribution in [0.4, 0.5) is 0 Å². The molecule has 2 atom stereocenters. The van der Waals surface area contributed by atoms with Crippen LogP contribution < -0.4 is 14.8 Å². The van der Waals surface area contributed by atoms with Gasteiger partial charge in [0.2, 0.25) is 15.9 Å². The molecule has 1 amide bonds. The Morgan fingerprint density at radius 2 is 1.88 bits per heavy atom. The Morgan fingerprint density at radius 3 is 2.55 bits per heavy atom. The molecular formula is C23H28Cl2N2O5S. The topological polar surface area (TPSA) is 84.9 Å². The van der Waals surface area contributed by atoms with Crippen molar-refractivity contribution < 1.29 is 22.7 Å². The minimum atomic E-state index is -3.64. The smallest absolute Gasteiger partial charge is 0.224 e. The number of benzene rings is 2. The number of carbonyl (C=O) groups excluding carboxylic acids is 1. The highest BCUT2D eigenvalue weighted by molar-refractivity contribution is 7.88. The second kappa shape index (κ2) is 11.0. The number of hydrogen-bond acceptors (Lipinski definition) is 5. The van der Waals surface area contributed by atoms with Gasteiger partial charge in [-0.3, -0.25) is 4.79 Å². The van der Waals surface area contributed by atoms with Gasteiger partial charge in [-0.15, -0.1) is 0 Å². The second-order valence-electron chi connectivity index (χ2n) is 8.03. The molecule has 0 saturated carbocycles. The number of nitrogens with zero attached hydrogens (tertiary/aromatic N) is 1. The van der Waals surface area contributed by atoms with Gasteiger partial charge in [-0.1, -0.05) is 35.3 Å². The Labute approximate surface area is 205 Å². The number of amides is 1. The maximum atomic E-state index is 13.0. The predicted octanol–water partition coefficient (Wildman–Crippen LogP) is 4.43. The van der Waals surface area contributed by atoms with Gasteiger partial charge < -0.3 is 14.8 Å². The molecule has 0 aromatic heterocycles. The summed E-state index contributed by atoms with van der Waals surface area (Å²) in [7, 11) is -0.523. The summed E-state index contributed by atoms with van der Waals surface area (Å²) in [6, 6.07) is 9.93. The molecule has 2 aromatic rings. The largest absolute Gasteiger partial charge is 0.493 e. The third-order valence-corrected chi connectivity index (χ3v) is 8.15. The summed E-state index contributed by atoms with van der Waals surface area (Å²) >= 11 is 12.1. The maximum absolute atomic E-state index is 13.0. The molecule has 1 N–H and O–H groups in total. The van der Waals surface area contributed by atoms with Gasteiger partial charge in [-0.05, 0) is 55.2 Å². The van der Waals surface area contributed by atoms with Gasteiger partial charge >= 0.3 is 0 Å². The second-order valence-corrected chi connectivity index (χ2v) is 10.8. The zero-order valence-corrected chi connectivity index (χ0v) is 21.1. The first-order chi connectivity index (χ1) is 15.6. The normalized spacial score (nSPS) is 17.9. The number of ether oxygens (including phenoxy) is 2. The molecule has 1 saturated heterocycles. The Hall–Kier alpha value is -2.00. The number of rotatable bonds is 8. The quantitative estimate of drug-likeness (QED) is 0.563. The lowest BCUT2D eigenvalue weighted by molar-refractivity contribution is -0.126. The van der Waals surface area contributed by atoms with Crippen LogP contribution in [-0.4, -0.2) is 45.9 Å². The Morgan fingerprint density at radius 1 is 1.15 bits per heavy atom. The zero-order valence-electron chi connectivity index (χ0n) is 18.8. The third kappa shape index (κ3) is 6.32. The minimum absolute atomic E-state index is 0.137. The van der Waals surface area contributed by atoms with E-state index in [1.165, 1.54) is 10.4 Å². The molecule has 1 fully saturated rings. The highest BCUT2D eigenvalue weighted by Crippen LogP contribution is 2.31. The number of piperidine rings is 1. The third-order valence-electron chi connectivity index (χ3n) is 5.77. The van der Waals surface area contributed by atoms with Gasteiger partial charge in [0.05, 0.1) is 31.9 Å². The van der Waals surface area contributed by atoms with Crippen LogP contribution in [0.3, 0.4) is 0 Å². The van der Waals surface area contributed by atoms with Crippen molar-refractivity contribution in [1.29, 1.82) is 0 Å². The molecule has 1 heterocycles. The van der Waals surface area contributed by atoms with Gasteiger partial charge in [0.1, 0.15) is 0 Å². The van der Waals surface area contributed by atoms with Crippen LogP contribution in [0.2, 0.25) is 10.0 Å². The van der Waals surface area contributed by atoms with Crippen molar-refractivity contribution in [1.82, 2.24) is 9.62 Å². The van der Waals surface area contributed by atoms with E-state index >= 15 is 0 Å². The van der Waals surface area contributed by atoms with Crippen LogP contribution in [0.5, 0.6) is 11.5 Å². The van der Waals surface area contributed by atoms with Crippen molar-refractivity contribution in [3.8, 4) is 11.5 Å². The first kappa shape index (κ1) is 25.6. The van der Waals surface area contributed by atoms with Crippen molar-refractivity contribution in [2.24, 2.45) is 5.92 Å². The van der Waals surface area contributed by atoms with E-state index in [-0.39, 0.29) is 24.2 Å². The fraction of sp³-hybridized carbons (Fsp3) is 0.435. The summed E-state index contributed by atoms with van der Waals surface area (Å²) < 4.78 is 38.0. The van der Waals surface area contributed by atoms with E-state index in [1.54, 1.807) is 32.4 Å². The van der Waals surface area contributed by atoms with Crippen molar-refractivity contribution in [2.45, 2.75) is 31.6 Å². The summed E-state index contributed by atoms with van der Waals surface area (Å²) in [5, 5.41) is 3.75. The number of methoxy groups -OCH3 is 2. The molecule has 2 aromatic carbocycles. The number of halogens is 2. The molecule has 33 heavy (non-hydrogen) atoms. The van der Waals surface area contributed by atoms with Crippen LogP contribution in [0.25, 0.3) is 0 Å². The van der Waals surface area contributed by atoms with Crippen molar-refractivity contribution in [3.05, 3.63) is 57.6 Å². The average Bonchev–Trinajstić information content (AvgIpc) is 2.80. The highest BCUT2D eigenvalue weighted by Gasteiger charge is 2.33. The Bertz CT molecular complexity index is 1110. The summed E-state index contributed by atoms with van der Waals surface area (Å²) in [4.78, 5) is 13.0. The zero-order chi connectivity index (χ0) is 24.2. The lowest BCUT2D eigenvalue weighted by Crippen LogP contribution is -2.46. The van der Waals surface area contributed by atoms with E-state index < -0.39 is 15.9 Å². The maximum Gasteiger partial charge on any atom is 0.224 e. The van der Waals surface area contributed by atoms with E-state index in [9.17, 15) is 13.2 Å². The molecular weight excluding hydrogens is 487 g/mol. The van der Waals surface area contributed by atoms with Crippen LogP contribution in [-0.2, 0) is 20.6 Å². The van der Waals surface area contributed by atoms with Crippen molar-refractivity contribution in [3.63, 3.8) is 0 Å². The van der Waals surface area contributed by atoms with E-state index in [0.29, 0.717) is 46.5 Å². The molecule has 10 heteroatoms.